The molecule has 2 heterocycles. The van der Waals surface area contributed by atoms with Crippen molar-refractivity contribution in [1.29, 1.82) is 0 Å². The molecule has 240 valence electrons. The van der Waals surface area contributed by atoms with Crippen molar-refractivity contribution in [2.45, 2.75) is 6.92 Å². The van der Waals surface area contributed by atoms with E-state index in [1.807, 2.05) is 73.1 Å². The molecule has 0 aliphatic rings. The van der Waals surface area contributed by atoms with E-state index in [0.717, 1.165) is 50.1 Å². The van der Waals surface area contributed by atoms with E-state index < -0.39 is 0 Å². The van der Waals surface area contributed by atoms with Crippen molar-refractivity contribution in [2.75, 3.05) is 0 Å². The Hall–Kier alpha value is -6.78. The van der Waals surface area contributed by atoms with Gasteiger partial charge in [0.2, 0.25) is 0 Å². The molecular weight excluding hydrogens is 621 g/mol. The lowest BCUT2D eigenvalue weighted by molar-refractivity contribution is 1.07. The molecule has 0 saturated heterocycles. The molecule has 0 radical (unpaired) electrons. The molecule has 0 atom stereocenters. The number of aryl methyl sites for hydroxylation is 1. The Balaban J connectivity index is 1.28. The number of nitrogens with zero attached hydrogens (tertiary/aromatic N) is 4. The molecule has 0 bridgehead atoms. The maximum Gasteiger partial charge on any atom is 0.164 e. The molecule has 0 aliphatic carbocycles. The van der Waals surface area contributed by atoms with Crippen molar-refractivity contribution in [3.8, 4) is 67.5 Å². The average Bonchev–Trinajstić information content (AvgIpc) is 3.21. The number of pyridine rings is 1. The Kier molecular flexibility index (Phi) is 7.67. The molecule has 9 aromatic rings. The molecule has 0 saturated carbocycles. The van der Waals surface area contributed by atoms with Crippen LogP contribution in [0.5, 0.6) is 0 Å². The van der Waals surface area contributed by atoms with Crippen LogP contribution in [0.4, 0.5) is 0 Å². The Morgan fingerprint density at radius 3 is 1.55 bits per heavy atom. The first kappa shape index (κ1) is 30.3. The van der Waals surface area contributed by atoms with Gasteiger partial charge in [0.1, 0.15) is 0 Å². The second kappa shape index (κ2) is 12.9. The minimum absolute atomic E-state index is 0.625. The van der Waals surface area contributed by atoms with Gasteiger partial charge in [0, 0.05) is 29.1 Å². The third-order valence-electron chi connectivity index (χ3n) is 9.52. The first-order valence-electron chi connectivity index (χ1n) is 17.1. The van der Waals surface area contributed by atoms with E-state index >= 15 is 0 Å². The summed E-state index contributed by atoms with van der Waals surface area (Å²) in [6.07, 6.45) is 3.76. The molecule has 51 heavy (non-hydrogen) atoms. The van der Waals surface area contributed by atoms with E-state index in [1.54, 1.807) is 0 Å². The minimum atomic E-state index is 0.625. The quantitative estimate of drug-likeness (QED) is 0.168. The summed E-state index contributed by atoms with van der Waals surface area (Å²) in [5.74, 6) is 1.90. The third-order valence-corrected chi connectivity index (χ3v) is 9.52. The van der Waals surface area contributed by atoms with Gasteiger partial charge in [0.05, 0.1) is 0 Å². The maximum atomic E-state index is 5.12. The lowest BCUT2D eigenvalue weighted by Crippen LogP contribution is -2.00. The Morgan fingerprint density at radius 2 is 0.882 bits per heavy atom. The van der Waals surface area contributed by atoms with Gasteiger partial charge in [-0.15, -0.1) is 0 Å². The zero-order valence-corrected chi connectivity index (χ0v) is 28.0. The van der Waals surface area contributed by atoms with Crippen LogP contribution in [0.1, 0.15) is 5.56 Å². The zero-order chi connectivity index (χ0) is 34.1. The van der Waals surface area contributed by atoms with Crippen LogP contribution in [0.3, 0.4) is 0 Å². The van der Waals surface area contributed by atoms with Crippen molar-refractivity contribution in [2.24, 2.45) is 0 Å². The van der Waals surface area contributed by atoms with Crippen LogP contribution < -0.4 is 0 Å². The molecular formula is C47H32N4. The SMILES string of the molecule is Cc1cnccc1-c1ccc(-c2cc(-c3nc(-c4ccccc4)nc(-c4ccccc4)n3)cc(-c3cc4ccccc4c4ccccc34)c2)cc1. The van der Waals surface area contributed by atoms with Crippen LogP contribution in [-0.4, -0.2) is 19.9 Å². The summed E-state index contributed by atoms with van der Waals surface area (Å²) >= 11 is 0. The van der Waals surface area contributed by atoms with E-state index in [-0.39, 0.29) is 0 Å². The monoisotopic (exact) mass is 652 g/mol. The van der Waals surface area contributed by atoms with Crippen molar-refractivity contribution in [3.63, 3.8) is 0 Å². The fourth-order valence-corrected chi connectivity index (χ4v) is 6.95. The van der Waals surface area contributed by atoms with Crippen molar-refractivity contribution >= 4 is 21.5 Å². The van der Waals surface area contributed by atoms with Crippen molar-refractivity contribution in [3.05, 3.63) is 182 Å². The van der Waals surface area contributed by atoms with Gasteiger partial charge in [-0.2, -0.15) is 0 Å². The molecule has 4 heteroatoms. The van der Waals surface area contributed by atoms with Gasteiger partial charge in [-0.1, -0.05) is 133 Å². The summed E-state index contributed by atoms with van der Waals surface area (Å²) in [7, 11) is 0. The molecule has 0 unspecified atom stereocenters. The highest BCUT2D eigenvalue weighted by molar-refractivity contribution is 6.14. The highest BCUT2D eigenvalue weighted by Crippen LogP contribution is 2.39. The van der Waals surface area contributed by atoms with Gasteiger partial charge < -0.3 is 0 Å². The molecule has 0 aliphatic heterocycles. The van der Waals surface area contributed by atoms with Crippen LogP contribution in [0.25, 0.3) is 89.1 Å². The van der Waals surface area contributed by atoms with Gasteiger partial charge >= 0.3 is 0 Å². The number of hydrogen-bond acceptors (Lipinski definition) is 4. The summed E-state index contributed by atoms with van der Waals surface area (Å²) in [5.41, 5.74) is 10.8. The number of rotatable bonds is 6. The van der Waals surface area contributed by atoms with E-state index in [4.69, 9.17) is 15.0 Å². The highest BCUT2D eigenvalue weighted by Gasteiger charge is 2.17. The standard InChI is InChI=1S/C47H32N4/c1-31-30-48-25-24-40(31)33-22-20-32(21-23-33)37-26-38(44-29-36-16-8-9-17-41(36)42-18-10-11-19-43(42)44)28-39(27-37)47-50-45(34-12-4-2-5-13-34)49-46(51-47)35-14-6-3-7-15-35/h2-30H,1H3. The van der Waals surface area contributed by atoms with Crippen LogP contribution >= 0.6 is 0 Å². The second-order valence-electron chi connectivity index (χ2n) is 12.8. The summed E-state index contributed by atoms with van der Waals surface area (Å²) < 4.78 is 0. The molecule has 0 fully saturated rings. The summed E-state index contributed by atoms with van der Waals surface area (Å²) in [6.45, 7) is 2.10. The molecule has 2 aromatic heterocycles. The van der Waals surface area contributed by atoms with Gasteiger partial charge in [0.25, 0.3) is 0 Å². The fraction of sp³-hybridized carbons (Fsp3) is 0.0213. The van der Waals surface area contributed by atoms with E-state index in [0.29, 0.717) is 17.5 Å². The number of benzene rings is 7. The van der Waals surface area contributed by atoms with Crippen LogP contribution in [0.15, 0.2) is 176 Å². The summed E-state index contributed by atoms with van der Waals surface area (Å²) in [6, 6.07) is 57.5. The molecule has 0 amide bonds. The van der Waals surface area contributed by atoms with E-state index in [1.165, 1.54) is 27.1 Å². The number of aromatic nitrogens is 4. The van der Waals surface area contributed by atoms with Gasteiger partial charge in [-0.3, -0.25) is 4.98 Å². The van der Waals surface area contributed by atoms with Crippen LogP contribution in [-0.2, 0) is 0 Å². The first-order valence-corrected chi connectivity index (χ1v) is 17.1. The second-order valence-corrected chi connectivity index (χ2v) is 12.8. The predicted octanol–water partition coefficient (Wildman–Crippen LogP) is 11.9. The molecule has 7 aromatic carbocycles. The predicted molar refractivity (Wildman–Crippen MR) is 210 cm³/mol. The third kappa shape index (κ3) is 5.83. The Morgan fingerprint density at radius 1 is 0.353 bits per heavy atom. The van der Waals surface area contributed by atoms with Gasteiger partial charge in [-0.05, 0) is 97.7 Å². The minimum Gasteiger partial charge on any atom is -0.264 e. The molecule has 0 spiro atoms. The van der Waals surface area contributed by atoms with Gasteiger partial charge in [-0.25, -0.2) is 15.0 Å². The molecule has 9 rings (SSSR count). The topological polar surface area (TPSA) is 51.6 Å². The van der Waals surface area contributed by atoms with E-state index in [9.17, 15) is 0 Å². The summed E-state index contributed by atoms with van der Waals surface area (Å²) in [5, 5.41) is 4.88. The maximum absolute atomic E-state index is 5.12. The lowest BCUT2D eigenvalue weighted by Gasteiger charge is -2.15. The van der Waals surface area contributed by atoms with Crippen molar-refractivity contribution < 1.29 is 0 Å². The molecule has 4 nitrogen and oxygen atoms in total. The zero-order valence-electron chi connectivity index (χ0n) is 28.0. The fourth-order valence-electron chi connectivity index (χ4n) is 6.95. The summed E-state index contributed by atoms with van der Waals surface area (Å²) in [4.78, 5) is 19.5. The largest absolute Gasteiger partial charge is 0.264 e. The normalized spacial score (nSPS) is 11.2. The number of fused-ring (bicyclic) bond motifs is 3. The van der Waals surface area contributed by atoms with Crippen LogP contribution in [0.2, 0.25) is 0 Å². The van der Waals surface area contributed by atoms with Crippen molar-refractivity contribution in [1.82, 2.24) is 19.9 Å². The Labute approximate surface area is 296 Å². The first-order chi connectivity index (χ1) is 25.2. The lowest BCUT2D eigenvalue weighted by atomic mass is 9.90. The average molecular weight is 653 g/mol. The Bertz CT molecular complexity index is 2630. The van der Waals surface area contributed by atoms with Gasteiger partial charge in [0.15, 0.2) is 17.5 Å². The van der Waals surface area contributed by atoms with E-state index in [2.05, 4.69) is 115 Å². The molecule has 0 N–H and O–H groups in total. The van der Waals surface area contributed by atoms with Crippen LogP contribution in [0, 0.1) is 6.92 Å². The highest BCUT2D eigenvalue weighted by atomic mass is 15.0. The smallest absolute Gasteiger partial charge is 0.164 e. The number of hydrogen-bond donors (Lipinski definition) is 0.